The molecule has 0 amide bonds. The third-order valence-electron chi connectivity index (χ3n) is 2.10. The Bertz CT molecular complexity index is 151. The minimum Gasteiger partial charge on any atom is -0.366 e. The van der Waals surface area contributed by atoms with Gasteiger partial charge in [-0.2, -0.15) is 0 Å². The Morgan fingerprint density at radius 3 is 2.69 bits per heavy atom. The van der Waals surface area contributed by atoms with E-state index in [9.17, 15) is 5.11 Å². The zero-order chi connectivity index (χ0) is 9.90. The average Bonchev–Trinajstić information content (AvgIpc) is 2.33. The van der Waals surface area contributed by atoms with E-state index < -0.39 is 5.79 Å². The summed E-state index contributed by atoms with van der Waals surface area (Å²) in [6.45, 7) is 5.40. The lowest BCUT2D eigenvalue weighted by atomic mass is 10.1. The van der Waals surface area contributed by atoms with E-state index in [1.165, 1.54) is 0 Å². The molecule has 0 aromatic rings. The van der Waals surface area contributed by atoms with Crippen LogP contribution in [0, 0.1) is 0 Å². The monoisotopic (exact) mass is 188 g/mol. The Hall–Kier alpha value is -0.120. The van der Waals surface area contributed by atoms with Crippen LogP contribution in [0.3, 0.4) is 0 Å². The van der Waals surface area contributed by atoms with Crippen LogP contribution >= 0.6 is 0 Å². The van der Waals surface area contributed by atoms with Gasteiger partial charge < -0.3 is 14.6 Å². The summed E-state index contributed by atoms with van der Waals surface area (Å²) < 4.78 is 10.9. The van der Waals surface area contributed by atoms with Crippen molar-refractivity contribution in [1.82, 2.24) is 0 Å². The summed E-state index contributed by atoms with van der Waals surface area (Å²) in [7, 11) is 0. The molecule has 3 nitrogen and oxygen atoms in total. The van der Waals surface area contributed by atoms with Crippen molar-refractivity contribution in [1.29, 1.82) is 0 Å². The van der Waals surface area contributed by atoms with E-state index in [0.29, 0.717) is 6.10 Å². The van der Waals surface area contributed by atoms with Gasteiger partial charge in [-0.25, -0.2) is 0 Å². The van der Waals surface area contributed by atoms with E-state index in [0.717, 1.165) is 25.7 Å². The maximum absolute atomic E-state index is 9.39. The summed E-state index contributed by atoms with van der Waals surface area (Å²) in [6, 6.07) is 0. The van der Waals surface area contributed by atoms with Crippen LogP contribution in [0.5, 0.6) is 0 Å². The molecule has 2 atom stereocenters. The van der Waals surface area contributed by atoms with Gasteiger partial charge in [0.15, 0.2) is 12.1 Å². The largest absolute Gasteiger partial charge is 0.366 e. The highest BCUT2D eigenvalue weighted by molar-refractivity contribution is 4.69. The van der Waals surface area contributed by atoms with Crippen molar-refractivity contribution < 1.29 is 14.6 Å². The quantitative estimate of drug-likeness (QED) is 0.686. The zero-order valence-corrected chi connectivity index (χ0v) is 8.75. The molecule has 0 unspecified atom stereocenters. The summed E-state index contributed by atoms with van der Waals surface area (Å²) >= 11 is 0. The predicted molar refractivity (Wildman–Crippen MR) is 50.2 cm³/mol. The van der Waals surface area contributed by atoms with Crippen LogP contribution in [0.2, 0.25) is 0 Å². The summed E-state index contributed by atoms with van der Waals surface area (Å²) in [4.78, 5) is 0. The summed E-state index contributed by atoms with van der Waals surface area (Å²) in [5.74, 6) is -1.08. The van der Waals surface area contributed by atoms with Crippen LogP contribution in [0.4, 0.5) is 0 Å². The van der Waals surface area contributed by atoms with Crippen molar-refractivity contribution in [2.24, 2.45) is 0 Å². The standard InChI is InChI=1S/C10H20O3/c1-4-5-8-6-7-9(12-8)13-10(2,3)11/h8-9,11H,4-7H2,1-3H3/t8-,9-/m1/s1. The molecule has 0 aliphatic carbocycles. The van der Waals surface area contributed by atoms with E-state index in [-0.39, 0.29) is 6.29 Å². The topological polar surface area (TPSA) is 38.7 Å². The highest BCUT2D eigenvalue weighted by atomic mass is 16.7. The molecular weight excluding hydrogens is 168 g/mol. The normalized spacial score (nSPS) is 29.5. The molecule has 0 aromatic heterocycles. The molecule has 0 bridgehead atoms. The lowest BCUT2D eigenvalue weighted by Crippen LogP contribution is -2.30. The molecule has 1 rings (SSSR count). The number of aliphatic hydroxyl groups is 1. The lowest BCUT2D eigenvalue weighted by Gasteiger charge is -2.23. The molecule has 1 saturated heterocycles. The molecular formula is C10H20O3. The highest BCUT2D eigenvalue weighted by Gasteiger charge is 2.29. The fourth-order valence-electron chi connectivity index (χ4n) is 1.62. The Morgan fingerprint density at radius 1 is 1.46 bits per heavy atom. The summed E-state index contributed by atoms with van der Waals surface area (Å²) in [5, 5.41) is 9.39. The van der Waals surface area contributed by atoms with E-state index in [1.807, 2.05) is 0 Å². The Kier molecular flexibility index (Phi) is 3.71. The highest BCUT2D eigenvalue weighted by Crippen LogP contribution is 2.26. The number of hydrogen-bond acceptors (Lipinski definition) is 3. The second-order valence-corrected chi connectivity index (χ2v) is 4.12. The molecule has 1 aliphatic heterocycles. The van der Waals surface area contributed by atoms with Crippen LogP contribution < -0.4 is 0 Å². The Labute approximate surface area is 80.0 Å². The molecule has 1 fully saturated rings. The summed E-state index contributed by atoms with van der Waals surface area (Å²) in [6.07, 6.45) is 4.29. The maximum Gasteiger partial charge on any atom is 0.162 e. The van der Waals surface area contributed by atoms with Crippen molar-refractivity contribution in [2.45, 2.75) is 64.6 Å². The van der Waals surface area contributed by atoms with Crippen molar-refractivity contribution in [2.75, 3.05) is 0 Å². The van der Waals surface area contributed by atoms with Crippen LogP contribution in [-0.4, -0.2) is 23.3 Å². The molecule has 78 valence electrons. The molecule has 3 heteroatoms. The van der Waals surface area contributed by atoms with E-state index >= 15 is 0 Å². The van der Waals surface area contributed by atoms with Gasteiger partial charge in [0.05, 0.1) is 6.10 Å². The van der Waals surface area contributed by atoms with Crippen molar-refractivity contribution in [3.8, 4) is 0 Å². The molecule has 1 heterocycles. The van der Waals surface area contributed by atoms with E-state index in [1.54, 1.807) is 13.8 Å². The minimum absolute atomic E-state index is 0.212. The maximum atomic E-state index is 9.39. The smallest absolute Gasteiger partial charge is 0.162 e. The Morgan fingerprint density at radius 2 is 2.15 bits per heavy atom. The van der Waals surface area contributed by atoms with Gasteiger partial charge in [-0.05, 0) is 26.7 Å². The molecule has 0 spiro atoms. The van der Waals surface area contributed by atoms with Gasteiger partial charge in [-0.15, -0.1) is 0 Å². The van der Waals surface area contributed by atoms with E-state index in [4.69, 9.17) is 9.47 Å². The third kappa shape index (κ3) is 4.07. The van der Waals surface area contributed by atoms with Crippen LogP contribution in [-0.2, 0) is 9.47 Å². The first-order valence-corrected chi connectivity index (χ1v) is 5.07. The van der Waals surface area contributed by atoms with Crippen LogP contribution in [0.15, 0.2) is 0 Å². The average molecular weight is 188 g/mol. The predicted octanol–water partition coefficient (Wildman–Crippen LogP) is 2.04. The second kappa shape index (κ2) is 4.40. The second-order valence-electron chi connectivity index (χ2n) is 4.12. The first kappa shape index (κ1) is 11.0. The fourth-order valence-corrected chi connectivity index (χ4v) is 1.62. The minimum atomic E-state index is -1.08. The number of ether oxygens (including phenoxy) is 2. The van der Waals surface area contributed by atoms with Gasteiger partial charge in [0.25, 0.3) is 0 Å². The van der Waals surface area contributed by atoms with Crippen LogP contribution in [0.25, 0.3) is 0 Å². The lowest BCUT2D eigenvalue weighted by molar-refractivity contribution is -0.268. The first-order chi connectivity index (χ1) is 6.01. The molecule has 0 saturated carbocycles. The van der Waals surface area contributed by atoms with Crippen molar-refractivity contribution >= 4 is 0 Å². The zero-order valence-electron chi connectivity index (χ0n) is 8.75. The van der Waals surface area contributed by atoms with Crippen molar-refractivity contribution in [3.05, 3.63) is 0 Å². The van der Waals surface area contributed by atoms with E-state index in [2.05, 4.69) is 6.92 Å². The molecule has 1 N–H and O–H groups in total. The molecule has 1 aliphatic rings. The Balaban J connectivity index is 2.25. The molecule has 0 aromatic carbocycles. The molecule has 13 heavy (non-hydrogen) atoms. The SMILES string of the molecule is CCC[C@@H]1CC[C@@H](OC(C)(C)O)O1. The van der Waals surface area contributed by atoms with Gasteiger partial charge in [0.2, 0.25) is 0 Å². The third-order valence-corrected chi connectivity index (χ3v) is 2.10. The fraction of sp³-hybridized carbons (Fsp3) is 1.00. The number of rotatable bonds is 4. The number of hydrogen-bond donors (Lipinski definition) is 1. The van der Waals surface area contributed by atoms with Gasteiger partial charge in [-0.3, -0.25) is 0 Å². The summed E-state index contributed by atoms with van der Waals surface area (Å²) in [5.41, 5.74) is 0. The van der Waals surface area contributed by atoms with Gasteiger partial charge in [0.1, 0.15) is 0 Å². The van der Waals surface area contributed by atoms with Gasteiger partial charge in [0, 0.05) is 6.42 Å². The van der Waals surface area contributed by atoms with Gasteiger partial charge >= 0.3 is 0 Å². The van der Waals surface area contributed by atoms with Crippen molar-refractivity contribution in [3.63, 3.8) is 0 Å². The van der Waals surface area contributed by atoms with Gasteiger partial charge in [-0.1, -0.05) is 13.3 Å². The molecule has 0 radical (unpaired) electrons. The van der Waals surface area contributed by atoms with Crippen LogP contribution in [0.1, 0.15) is 46.5 Å². The first-order valence-electron chi connectivity index (χ1n) is 5.07.